The highest BCUT2D eigenvalue weighted by atomic mass is 16.4. The Kier molecular flexibility index (Phi) is 6.04. The van der Waals surface area contributed by atoms with Gasteiger partial charge in [0.2, 0.25) is 0 Å². The third-order valence-corrected chi connectivity index (χ3v) is 4.64. The van der Waals surface area contributed by atoms with Crippen molar-refractivity contribution in [2.75, 3.05) is 0 Å². The molecule has 4 rings (SSSR count). The van der Waals surface area contributed by atoms with Crippen molar-refractivity contribution in [2.24, 2.45) is 0 Å². The van der Waals surface area contributed by atoms with Crippen LogP contribution in [0.25, 0.3) is 21.5 Å². The molecule has 0 amide bonds. The first-order valence-corrected chi connectivity index (χ1v) is 9.16. The summed E-state index contributed by atoms with van der Waals surface area (Å²) in [5, 5.41) is 24.3. The normalized spacial score (nSPS) is 12.8. The number of carbonyl (C=O) groups is 1. The standard InChI is InChI=1S/C16H15N.C8H8O3/c1-11(17)16-14-8-4-2-6-12(14)10-13-7-3-5-9-15(13)16;9-7(8(10)11)6-4-2-1-3-5-6/h2-11H,17H2,1H3;1-5,7,9H,(H,10,11)/t11-;7-/m00/s1. The van der Waals surface area contributed by atoms with Crippen LogP contribution in [0.3, 0.4) is 0 Å². The van der Waals surface area contributed by atoms with Gasteiger partial charge in [-0.3, -0.25) is 0 Å². The maximum Gasteiger partial charge on any atom is 0.118 e. The highest BCUT2D eigenvalue weighted by Crippen LogP contribution is 2.31. The third-order valence-electron chi connectivity index (χ3n) is 4.64. The van der Waals surface area contributed by atoms with E-state index in [9.17, 15) is 9.90 Å². The van der Waals surface area contributed by atoms with Crippen LogP contribution in [0.5, 0.6) is 0 Å². The SMILES string of the molecule is C[C@H]([NH3+])c1c2ccccc2cc2ccccc12.O=C([O-])[C@@H](O)c1ccccc1. The molecule has 4 N–H and O–H groups in total. The van der Waals surface area contributed by atoms with E-state index in [1.54, 1.807) is 18.2 Å². The summed E-state index contributed by atoms with van der Waals surface area (Å²) in [4.78, 5) is 10.1. The van der Waals surface area contributed by atoms with E-state index in [1.165, 1.54) is 39.2 Å². The van der Waals surface area contributed by atoms with Gasteiger partial charge in [0.05, 0.1) is 5.97 Å². The number of carbonyl (C=O) groups excluding carboxylic acids is 1. The average Bonchev–Trinajstić information content (AvgIpc) is 2.72. The quantitative estimate of drug-likeness (QED) is 0.541. The van der Waals surface area contributed by atoms with Crippen LogP contribution in [-0.4, -0.2) is 11.1 Å². The molecular weight excluding hydrogens is 350 g/mol. The molecule has 0 bridgehead atoms. The molecule has 0 radical (unpaired) electrons. The Morgan fingerprint density at radius 3 is 1.79 bits per heavy atom. The summed E-state index contributed by atoms with van der Waals surface area (Å²) < 4.78 is 0. The number of aliphatic hydroxyl groups is 1. The lowest BCUT2D eigenvalue weighted by Crippen LogP contribution is -2.51. The van der Waals surface area contributed by atoms with Crippen molar-refractivity contribution in [3.8, 4) is 0 Å². The molecule has 4 aromatic rings. The summed E-state index contributed by atoms with van der Waals surface area (Å²) in [5.74, 6) is -1.48. The average molecular weight is 373 g/mol. The minimum atomic E-state index is -1.52. The molecule has 0 aromatic heterocycles. The summed E-state index contributed by atoms with van der Waals surface area (Å²) in [7, 11) is 0. The van der Waals surface area contributed by atoms with E-state index in [4.69, 9.17) is 5.11 Å². The van der Waals surface area contributed by atoms with E-state index in [2.05, 4.69) is 67.3 Å². The zero-order chi connectivity index (χ0) is 20.1. The molecule has 0 aliphatic heterocycles. The Labute approximate surface area is 163 Å². The van der Waals surface area contributed by atoms with Crippen LogP contribution >= 0.6 is 0 Å². The third kappa shape index (κ3) is 4.19. The smallest absolute Gasteiger partial charge is 0.118 e. The summed E-state index contributed by atoms with van der Waals surface area (Å²) in [6, 6.07) is 27.8. The maximum absolute atomic E-state index is 10.1. The number of hydrogen-bond acceptors (Lipinski definition) is 3. The topological polar surface area (TPSA) is 88.0 Å². The molecule has 0 saturated heterocycles. The molecule has 28 heavy (non-hydrogen) atoms. The van der Waals surface area contributed by atoms with Crippen LogP contribution < -0.4 is 10.8 Å². The molecular formula is C24H23NO3. The number of benzene rings is 4. The maximum atomic E-state index is 10.1. The lowest BCUT2D eigenvalue weighted by molar-refractivity contribution is -0.419. The van der Waals surface area contributed by atoms with Gasteiger partial charge in [0, 0.05) is 5.56 Å². The van der Waals surface area contributed by atoms with Crippen molar-refractivity contribution >= 4 is 27.5 Å². The van der Waals surface area contributed by atoms with Gasteiger partial charge in [-0.15, -0.1) is 0 Å². The van der Waals surface area contributed by atoms with E-state index in [-0.39, 0.29) is 0 Å². The fourth-order valence-electron chi connectivity index (χ4n) is 3.35. The van der Waals surface area contributed by atoms with Crippen LogP contribution in [0.1, 0.15) is 30.2 Å². The van der Waals surface area contributed by atoms with Crippen molar-refractivity contribution in [1.82, 2.24) is 0 Å². The zero-order valence-electron chi connectivity index (χ0n) is 15.7. The summed E-state index contributed by atoms with van der Waals surface area (Å²) >= 11 is 0. The molecule has 2 atom stereocenters. The van der Waals surface area contributed by atoms with E-state index in [0.29, 0.717) is 11.6 Å². The first kappa shape index (κ1) is 19.5. The Morgan fingerprint density at radius 2 is 1.32 bits per heavy atom. The highest BCUT2D eigenvalue weighted by Gasteiger charge is 2.12. The Morgan fingerprint density at radius 1 is 0.857 bits per heavy atom. The predicted octanol–water partition coefficient (Wildman–Crippen LogP) is 2.77. The van der Waals surface area contributed by atoms with Crippen molar-refractivity contribution in [1.29, 1.82) is 0 Å². The molecule has 4 nitrogen and oxygen atoms in total. The minimum Gasteiger partial charge on any atom is -0.547 e. The fourth-order valence-corrected chi connectivity index (χ4v) is 3.35. The number of quaternary nitrogens is 1. The second-order valence-electron chi connectivity index (χ2n) is 6.77. The van der Waals surface area contributed by atoms with Gasteiger partial charge in [0.15, 0.2) is 0 Å². The molecule has 0 spiro atoms. The molecule has 4 aromatic carbocycles. The monoisotopic (exact) mass is 373 g/mol. The van der Waals surface area contributed by atoms with E-state index in [1.807, 2.05) is 0 Å². The Bertz CT molecular complexity index is 1040. The highest BCUT2D eigenvalue weighted by molar-refractivity contribution is 6.02. The van der Waals surface area contributed by atoms with E-state index < -0.39 is 12.1 Å². The number of hydrogen-bond donors (Lipinski definition) is 2. The van der Waals surface area contributed by atoms with Gasteiger partial charge < -0.3 is 20.7 Å². The van der Waals surface area contributed by atoms with Gasteiger partial charge in [0.1, 0.15) is 12.1 Å². The number of carboxylic acids is 1. The van der Waals surface area contributed by atoms with Gasteiger partial charge in [-0.05, 0) is 40.1 Å². The minimum absolute atomic E-state index is 0.297. The second-order valence-corrected chi connectivity index (χ2v) is 6.77. The Hall–Kier alpha value is -3.21. The molecule has 0 aliphatic rings. The fraction of sp³-hybridized carbons (Fsp3) is 0.125. The first-order chi connectivity index (χ1) is 13.5. The number of aliphatic carboxylic acids is 1. The molecule has 0 saturated carbocycles. The van der Waals surface area contributed by atoms with Gasteiger partial charge >= 0.3 is 0 Å². The largest absolute Gasteiger partial charge is 0.547 e. The lowest BCUT2D eigenvalue weighted by Gasteiger charge is -2.12. The predicted molar refractivity (Wildman–Crippen MR) is 109 cm³/mol. The van der Waals surface area contributed by atoms with Crippen molar-refractivity contribution in [3.05, 3.63) is 96.1 Å². The Balaban J connectivity index is 0.000000178. The molecule has 142 valence electrons. The van der Waals surface area contributed by atoms with Gasteiger partial charge in [-0.25, -0.2) is 0 Å². The number of rotatable bonds is 3. The van der Waals surface area contributed by atoms with Crippen molar-refractivity contribution in [3.63, 3.8) is 0 Å². The van der Waals surface area contributed by atoms with Crippen LogP contribution in [0.4, 0.5) is 0 Å². The van der Waals surface area contributed by atoms with Crippen LogP contribution in [0, 0.1) is 0 Å². The van der Waals surface area contributed by atoms with Crippen LogP contribution in [0.15, 0.2) is 84.9 Å². The van der Waals surface area contributed by atoms with E-state index >= 15 is 0 Å². The number of carboxylic acid groups (broad SMARTS) is 1. The molecule has 0 unspecified atom stereocenters. The summed E-state index contributed by atoms with van der Waals surface area (Å²) in [6.07, 6.45) is -1.52. The van der Waals surface area contributed by atoms with Gasteiger partial charge in [0.25, 0.3) is 0 Å². The van der Waals surface area contributed by atoms with Crippen molar-refractivity contribution < 1.29 is 20.7 Å². The molecule has 0 aliphatic carbocycles. The van der Waals surface area contributed by atoms with E-state index in [0.717, 1.165) is 0 Å². The molecule has 0 fully saturated rings. The van der Waals surface area contributed by atoms with Crippen LogP contribution in [0.2, 0.25) is 0 Å². The van der Waals surface area contributed by atoms with Crippen molar-refractivity contribution in [2.45, 2.75) is 19.1 Å². The zero-order valence-corrected chi connectivity index (χ0v) is 15.7. The summed E-state index contributed by atoms with van der Waals surface area (Å²) in [6.45, 7) is 2.16. The lowest BCUT2D eigenvalue weighted by atomic mass is 9.93. The van der Waals surface area contributed by atoms with Gasteiger partial charge in [-0.1, -0.05) is 78.9 Å². The number of fused-ring (bicyclic) bond motifs is 2. The first-order valence-electron chi connectivity index (χ1n) is 9.16. The van der Waals surface area contributed by atoms with Crippen LogP contribution in [-0.2, 0) is 4.79 Å². The second kappa shape index (κ2) is 8.65. The summed E-state index contributed by atoms with van der Waals surface area (Å²) in [5.41, 5.74) is 5.91. The molecule has 4 heteroatoms. The van der Waals surface area contributed by atoms with Gasteiger partial charge in [-0.2, -0.15) is 0 Å². The molecule has 0 heterocycles. The number of aliphatic hydroxyl groups excluding tert-OH is 1.